The third kappa shape index (κ3) is 7.79. The van der Waals surface area contributed by atoms with Crippen LogP contribution in [-0.2, 0) is 31.4 Å². The molecule has 1 fully saturated rings. The van der Waals surface area contributed by atoms with Gasteiger partial charge in [-0.05, 0) is 111 Å². The van der Waals surface area contributed by atoms with E-state index in [2.05, 4.69) is 20.4 Å². The fourth-order valence-electron chi connectivity index (χ4n) is 8.01. The molecule has 2 bridgehead atoms. The summed E-state index contributed by atoms with van der Waals surface area (Å²) in [5.74, 6) is -1.23. The molecule has 0 aromatic heterocycles. The van der Waals surface area contributed by atoms with Gasteiger partial charge in [0.1, 0.15) is 5.75 Å². The largest absolute Gasteiger partial charge is 0.490 e. The molecule has 48 heavy (non-hydrogen) atoms. The molecule has 4 N–H and O–H groups in total. The zero-order valence-corrected chi connectivity index (χ0v) is 29.8. The molecule has 0 saturated heterocycles. The Hall–Kier alpha value is -2.86. The van der Waals surface area contributed by atoms with Gasteiger partial charge in [0.15, 0.2) is 0 Å². The second-order valence-corrected chi connectivity index (χ2v) is 16.6. The van der Waals surface area contributed by atoms with Crippen LogP contribution in [0.3, 0.4) is 0 Å². The van der Waals surface area contributed by atoms with Gasteiger partial charge in [-0.3, -0.25) is 9.59 Å². The number of hydrogen-bond donors (Lipinski definition) is 3. The number of nitrogens with one attached hydrogen (secondary N) is 1. The van der Waals surface area contributed by atoms with E-state index < -0.39 is 33.1 Å². The zero-order chi connectivity index (χ0) is 34.6. The number of methoxy groups -OCH3 is 1. The fraction of sp³-hybridized carbons (Fsp3) is 0.611. The Kier molecular flexibility index (Phi) is 11.7. The molecular formula is C36H50ClN3O7S. The first-order valence-corrected chi connectivity index (χ1v) is 19.1. The number of ether oxygens (including phenoxy) is 2. The predicted octanol–water partition coefficient (Wildman–Crippen LogP) is 5.40. The summed E-state index contributed by atoms with van der Waals surface area (Å²) in [5, 5.41) is 10.2. The van der Waals surface area contributed by atoms with Crippen LogP contribution in [0.4, 0.5) is 5.69 Å². The average Bonchev–Trinajstić information content (AvgIpc) is 3.18. The summed E-state index contributed by atoms with van der Waals surface area (Å²) < 4.78 is 39.8. The molecule has 10 nitrogen and oxygen atoms in total. The monoisotopic (exact) mass is 703 g/mol. The van der Waals surface area contributed by atoms with Crippen LogP contribution in [0.1, 0.15) is 80.3 Å². The van der Waals surface area contributed by atoms with Crippen molar-refractivity contribution in [2.75, 3.05) is 44.9 Å². The van der Waals surface area contributed by atoms with E-state index in [4.69, 9.17) is 22.1 Å². The zero-order valence-electron chi connectivity index (χ0n) is 28.3. The number of nitrogens with zero attached hydrogens (tertiary/aromatic N) is 1. The number of aliphatic carboxylic acids is 1. The first kappa shape index (κ1) is 36.4. The van der Waals surface area contributed by atoms with Crippen LogP contribution >= 0.6 is 11.6 Å². The van der Waals surface area contributed by atoms with Crippen molar-refractivity contribution in [3.8, 4) is 5.75 Å². The number of aryl methyl sites for hydroxylation is 1. The first-order valence-electron chi connectivity index (χ1n) is 17.2. The van der Waals surface area contributed by atoms with Gasteiger partial charge < -0.3 is 25.2 Å². The maximum atomic E-state index is 13.4. The smallest absolute Gasteiger partial charge is 0.306 e. The van der Waals surface area contributed by atoms with Crippen LogP contribution < -0.4 is 20.1 Å². The number of sulfonamides is 1. The Labute approximate surface area is 289 Å². The van der Waals surface area contributed by atoms with E-state index in [0.29, 0.717) is 62.9 Å². The molecule has 12 heteroatoms. The number of amides is 1. The minimum absolute atomic E-state index is 0.0503. The minimum Gasteiger partial charge on any atom is -0.490 e. The van der Waals surface area contributed by atoms with Crippen LogP contribution in [-0.4, -0.2) is 70.6 Å². The topological polar surface area (TPSA) is 148 Å². The lowest BCUT2D eigenvalue weighted by molar-refractivity contribution is -0.146. The van der Waals surface area contributed by atoms with E-state index in [9.17, 15) is 23.1 Å². The highest BCUT2D eigenvalue weighted by atomic mass is 35.5. The van der Waals surface area contributed by atoms with E-state index in [0.717, 1.165) is 37.8 Å². The van der Waals surface area contributed by atoms with Gasteiger partial charge >= 0.3 is 5.97 Å². The standard InChI is InChI=1S/C33H41ClN2O6S.C3H9NO/c1-20-5-3-7-27(32(38)39)26-11-8-24(26)17-36-18-33(14-4-6-22-15-25(34)10-12-28(22)33)19-42-30-13-9-23(16-29(30)36)31(37)35-43(40,41)21(20)2;1-5-3-2-4/h9-10,12-13,15-16,20-21,24,26-27H,3-8,11,14,17-19H2,1-2H3,(H,35,37)(H,38,39);2-4H2,1H3/t20-,21+,24-,26+,27-,33-;/m0./s1. The van der Waals surface area contributed by atoms with Crippen LogP contribution in [0.15, 0.2) is 36.4 Å². The maximum Gasteiger partial charge on any atom is 0.306 e. The molecule has 264 valence electrons. The number of anilines is 1. The number of carboxylic acid groups (broad SMARTS) is 1. The van der Waals surface area contributed by atoms with Gasteiger partial charge in [-0.25, -0.2) is 13.1 Å². The van der Waals surface area contributed by atoms with Gasteiger partial charge in [-0.1, -0.05) is 31.0 Å². The molecule has 2 aliphatic carbocycles. The molecule has 0 radical (unpaired) electrons. The second-order valence-electron chi connectivity index (χ2n) is 14.1. The van der Waals surface area contributed by atoms with Crippen LogP contribution in [0, 0.1) is 23.7 Å². The minimum atomic E-state index is -3.95. The fourth-order valence-corrected chi connectivity index (χ4v) is 9.51. The maximum absolute atomic E-state index is 13.4. The summed E-state index contributed by atoms with van der Waals surface area (Å²) in [6, 6.07) is 11.2. The molecule has 2 aromatic rings. The number of rotatable bonds is 3. The molecule has 1 saturated carbocycles. The quantitative estimate of drug-likeness (QED) is 0.382. The molecule has 1 amide bonds. The molecule has 1 spiro atoms. The number of carbonyl (C=O) groups excluding carboxylic acids is 1. The van der Waals surface area contributed by atoms with Gasteiger partial charge in [0.25, 0.3) is 5.91 Å². The van der Waals surface area contributed by atoms with Crippen molar-refractivity contribution in [2.24, 2.45) is 29.4 Å². The Morgan fingerprint density at radius 3 is 2.60 bits per heavy atom. The highest BCUT2D eigenvalue weighted by Gasteiger charge is 2.45. The first-order chi connectivity index (χ1) is 22.9. The van der Waals surface area contributed by atoms with Crippen molar-refractivity contribution in [1.82, 2.24) is 4.72 Å². The molecule has 2 heterocycles. The molecule has 6 rings (SSSR count). The highest BCUT2D eigenvalue weighted by Crippen LogP contribution is 2.48. The number of hydrogen-bond acceptors (Lipinski definition) is 8. The number of halogens is 1. The number of carboxylic acids is 1. The van der Waals surface area contributed by atoms with E-state index in [1.165, 1.54) is 11.1 Å². The molecular weight excluding hydrogens is 654 g/mol. The van der Waals surface area contributed by atoms with Crippen LogP contribution in [0.25, 0.3) is 0 Å². The van der Waals surface area contributed by atoms with Crippen molar-refractivity contribution >= 4 is 39.2 Å². The van der Waals surface area contributed by atoms with Crippen LogP contribution in [0.5, 0.6) is 5.75 Å². The lowest BCUT2D eigenvalue weighted by atomic mass is 9.65. The number of carbonyl (C=O) groups is 2. The number of fused-ring (bicyclic) bond motifs is 4. The van der Waals surface area contributed by atoms with Gasteiger partial charge in [-0.15, -0.1) is 0 Å². The SMILES string of the molecule is COCCN.C[C@@H]1[C@@H](C)CCC[C@H](C(=O)O)[C@@H]2CC[C@H]2CN2C[C@@]3(CCCc4cc(Cl)ccc43)COc3ccc(cc32)C(=O)NS1(=O)=O. The molecule has 6 atom stereocenters. The summed E-state index contributed by atoms with van der Waals surface area (Å²) in [7, 11) is -2.31. The van der Waals surface area contributed by atoms with Gasteiger partial charge in [0, 0.05) is 42.7 Å². The molecule has 2 aromatic carbocycles. The predicted molar refractivity (Wildman–Crippen MR) is 187 cm³/mol. The summed E-state index contributed by atoms with van der Waals surface area (Å²) in [4.78, 5) is 28.1. The van der Waals surface area contributed by atoms with E-state index in [1.807, 2.05) is 19.1 Å². The summed E-state index contributed by atoms with van der Waals surface area (Å²) in [6.45, 7) is 6.51. The molecule has 2 aliphatic heterocycles. The van der Waals surface area contributed by atoms with Crippen molar-refractivity contribution < 1.29 is 32.6 Å². The van der Waals surface area contributed by atoms with E-state index in [1.54, 1.807) is 32.2 Å². The third-order valence-corrected chi connectivity index (χ3v) is 13.2. The van der Waals surface area contributed by atoms with Crippen LogP contribution in [0.2, 0.25) is 5.02 Å². The van der Waals surface area contributed by atoms with Gasteiger partial charge in [-0.2, -0.15) is 0 Å². The summed E-state index contributed by atoms with van der Waals surface area (Å²) >= 11 is 6.38. The molecule has 4 aliphatic rings. The Morgan fingerprint density at radius 2 is 1.94 bits per heavy atom. The highest BCUT2D eigenvalue weighted by molar-refractivity contribution is 7.90. The van der Waals surface area contributed by atoms with Crippen molar-refractivity contribution in [1.29, 1.82) is 0 Å². The normalized spacial score (nSPS) is 29.8. The van der Waals surface area contributed by atoms with Gasteiger partial charge in [0.05, 0.1) is 30.1 Å². The Balaban J connectivity index is 0.000000840. The summed E-state index contributed by atoms with van der Waals surface area (Å²) in [5.41, 5.74) is 8.16. The molecule has 0 unspecified atom stereocenters. The average molecular weight is 704 g/mol. The van der Waals surface area contributed by atoms with Crippen molar-refractivity contribution in [3.63, 3.8) is 0 Å². The van der Waals surface area contributed by atoms with E-state index >= 15 is 0 Å². The van der Waals surface area contributed by atoms with Gasteiger partial charge in [0.2, 0.25) is 10.0 Å². The number of nitrogens with two attached hydrogens (primary N) is 1. The Morgan fingerprint density at radius 1 is 1.15 bits per heavy atom. The third-order valence-electron chi connectivity index (χ3n) is 11.1. The lowest BCUT2D eigenvalue weighted by Crippen LogP contribution is -2.49. The number of benzene rings is 2. The van der Waals surface area contributed by atoms with E-state index in [-0.39, 0.29) is 28.7 Å². The van der Waals surface area contributed by atoms with Crippen molar-refractivity contribution in [2.45, 2.75) is 75.9 Å². The summed E-state index contributed by atoms with van der Waals surface area (Å²) in [6.07, 6.45) is 6.41. The lowest BCUT2D eigenvalue weighted by Gasteiger charge is -2.46. The second kappa shape index (κ2) is 15.4. The van der Waals surface area contributed by atoms with Crippen molar-refractivity contribution in [3.05, 3.63) is 58.1 Å². The Bertz CT molecular complexity index is 1590.